The molecule has 1 fully saturated rings. The fourth-order valence-corrected chi connectivity index (χ4v) is 2.02. The van der Waals surface area contributed by atoms with Crippen LogP contribution in [0.5, 0.6) is 0 Å². The number of methoxy groups -OCH3 is 1. The largest absolute Gasteiger partial charge is 0.469 e. The predicted molar refractivity (Wildman–Crippen MR) is 63.2 cm³/mol. The minimum atomic E-state index is -0.530. The minimum absolute atomic E-state index is 0.184. The Morgan fingerprint density at radius 1 is 1.61 bits per heavy atom. The molecule has 1 aromatic rings. The smallest absolute Gasteiger partial charge is 0.365 e. The molecule has 1 atom stereocenters. The van der Waals surface area contributed by atoms with Crippen molar-refractivity contribution in [1.82, 2.24) is 4.98 Å². The number of nitro groups is 1. The van der Waals surface area contributed by atoms with E-state index in [9.17, 15) is 14.9 Å². The van der Waals surface area contributed by atoms with Crippen LogP contribution < -0.4 is 4.90 Å². The van der Waals surface area contributed by atoms with E-state index in [1.807, 2.05) is 4.90 Å². The summed E-state index contributed by atoms with van der Waals surface area (Å²) in [5.74, 6) is -0.0939. The molecule has 0 saturated carbocycles. The van der Waals surface area contributed by atoms with Gasteiger partial charge in [0, 0.05) is 25.2 Å². The van der Waals surface area contributed by atoms with Crippen LogP contribution in [0.25, 0.3) is 0 Å². The van der Waals surface area contributed by atoms with Gasteiger partial charge in [0.25, 0.3) is 0 Å². The maximum atomic E-state index is 11.4. The van der Waals surface area contributed by atoms with Gasteiger partial charge in [-0.3, -0.25) is 4.79 Å². The molecule has 96 valence electrons. The monoisotopic (exact) mass is 251 g/mol. The Labute approximate surface area is 104 Å². The summed E-state index contributed by atoms with van der Waals surface area (Å²) in [6.45, 7) is 1.13. The summed E-state index contributed by atoms with van der Waals surface area (Å²) in [5, 5.41) is 10.6. The van der Waals surface area contributed by atoms with Crippen LogP contribution in [0.15, 0.2) is 18.2 Å². The number of hydrogen-bond donors (Lipinski definition) is 0. The van der Waals surface area contributed by atoms with E-state index in [4.69, 9.17) is 0 Å². The lowest BCUT2D eigenvalue weighted by Crippen LogP contribution is -2.24. The van der Waals surface area contributed by atoms with Gasteiger partial charge in [0.05, 0.1) is 13.0 Å². The van der Waals surface area contributed by atoms with Gasteiger partial charge in [-0.2, -0.15) is 0 Å². The Balaban J connectivity index is 2.12. The van der Waals surface area contributed by atoms with Crippen LogP contribution in [-0.2, 0) is 9.53 Å². The third-order valence-electron chi connectivity index (χ3n) is 2.95. The van der Waals surface area contributed by atoms with Crippen molar-refractivity contribution in [3.63, 3.8) is 0 Å². The molecule has 7 heteroatoms. The van der Waals surface area contributed by atoms with Gasteiger partial charge in [-0.1, -0.05) is 0 Å². The van der Waals surface area contributed by atoms with Crippen LogP contribution in [0.3, 0.4) is 0 Å². The molecule has 1 saturated heterocycles. The topological polar surface area (TPSA) is 85.6 Å². The van der Waals surface area contributed by atoms with Gasteiger partial charge in [-0.15, -0.1) is 0 Å². The van der Waals surface area contributed by atoms with Gasteiger partial charge in [0.1, 0.15) is 0 Å². The van der Waals surface area contributed by atoms with Gasteiger partial charge in [-0.05, 0) is 22.4 Å². The third-order valence-corrected chi connectivity index (χ3v) is 2.95. The summed E-state index contributed by atoms with van der Waals surface area (Å²) in [4.78, 5) is 27.3. The second kappa shape index (κ2) is 4.99. The van der Waals surface area contributed by atoms with Crippen LogP contribution in [0, 0.1) is 16.0 Å². The average Bonchev–Trinajstić information content (AvgIpc) is 2.87. The standard InChI is InChI=1S/C11H13N3O4/c1-18-11(15)8-5-6-13(7-8)9-3-2-4-10(12-9)14(16)17/h2-4,8H,5-7H2,1H3/t8-/m1/s1. The number of anilines is 1. The number of esters is 1. The zero-order valence-corrected chi connectivity index (χ0v) is 9.91. The summed E-state index contributed by atoms with van der Waals surface area (Å²) >= 11 is 0. The Morgan fingerprint density at radius 3 is 3.06 bits per heavy atom. The molecule has 18 heavy (non-hydrogen) atoms. The Morgan fingerprint density at radius 2 is 2.39 bits per heavy atom. The second-order valence-electron chi connectivity index (χ2n) is 4.07. The first kappa shape index (κ1) is 12.3. The molecular formula is C11H13N3O4. The lowest BCUT2D eigenvalue weighted by Gasteiger charge is -2.13. The molecule has 0 bridgehead atoms. The quantitative estimate of drug-likeness (QED) is 0.452. The molecule has 1 aromatic heterocycles. The van der Waals surface area contributed by atoms with Crippen molar-refractivity contribution >= 4 is 17.6 Å². The Hall–Kier alpha value is -2.18. The molecule has 0 unspecified atom stereocenters. The molecular weight excluding hydrogens is 238 g/mol. The van der Waals surface area contributed by atoms with E-state index < -0.39 is 4.92 Å². The van der Waals surface area contributed by atoms with Crippen LogP contribution in [0.2, 0.25) is 0 Å². The van der Waals surface area contributed by atoms with Gasteiger partial charge < -0.3 is 19.8 Å². The van der Waals surface area contributed by atoms with Gasteiger partial charge in [0.2, 0.25) is 5.82 Å². The van der Waals surface area contributed by atoms with Crippen LogP contribution in [-0.4, -0.2) is 36.1 Å². The maximum absolute atomic E-state index is 11.4. The summed E-state index contributed by atoms with van der Waals surface area (Å²) < 4.78 is 4.69. The number of ether oxygens (including phenoxy) is 1. The zero-order chi connectivity index (χ0) is 13.1. The third kappa shape index (κ3) is 2.39. The molecule has 0 aromatic carbocycles. The van der Waals surface area contributed by atoms with E-state index in [-0.39, 0.29) is 17.7 Å². The number of carbonyl (C=O) groups excluding carboxylic acids is 1. The predicted octanol–water partition coefficient (Wildman–Crippen LogP) is 0.989. The second-order valence-corrected chi connectivity index (χ2v) is 4.07. The number of nitrogens with zero attached hydrogens (tertiary/aromatic N) is 3. The maximum Gasteiger partial charge on any atom is 0.365 e. The summed E-state index contributed by atoms with van der Waals surface area (Å²) in [5.41, 5.74) is 0. The van der Waals surface area contributed by atoms with Crippen LogP contribution in [0.1, 0.15) is 6.42 Å². The van der Waals surface area contributed by atoms with Gasteiger partial charge in [-0.25, -0.2) is 0 Å². The molecule has 0 amide bonds. The summed E-state index contributed by atoms with van der Waals surface area (Å²) in [6.07, 6.45) is 0.678. The molecule has 2 rings (SSSR count). The molecule has 1 aliphatic heterocycles. The van der Waals surface area contributed by atoms with Crippen molar-refractivity contribution in [2.75, 3.05) is 25.1 Å². The fourth-order valence-electron chi connectivity index (χ4n) is 2.02. The van der Waals surface area contributed by atoms with Crippen molar-refractivity contribution < 1.29 is 14.5 Å². The number of aromatic nitrogens is 1. The van der Waals surface area contributed by atoms with Gasteiger partial charge >= 0.3 is 11.8 Å². The lowest BCUT2D eigenvalue weighted by atomic mass is 10.1. The van der Waals surface area contributed by atoms with Gasteiger partial charge in [0.15, 0.2) is 0 Å². The first-order valence-electron chi connectivity index (χ1n) is 5.56. The van der Waals surface area contributed by atoms with Crippen molar-refractivity contribution in [1.29, 1.82) is 0 Å². The first-order chi connectivity index (χ1) is 8.61. The molecule has 1 aliphatic rings. The number of carbonyl (C=O) groups is 1. The number of hydrogen-bond acceptors (Lipinski definition) is 6. The highest BCUT2D eigenvalue weighted by Gasteiger charge is 2.31. The number of rotatable bonds is 3. The molecule has 0 aliphatic carbocycles. The van der Waals surface area contributed by atoms with Crippen molar-refractivity contribution in [2.45, 2.75) is 6.42 Å². The molecule has 2 heterocycles. The highest BCUT2D eigenvalue weighted by molar-refractivity contribution is 5.74. The molecule has 0 spiro atoms. The zero-order valence-electron chi connectivity index (χ0n) is 9.91. The van der Waals surface area contributed by atoms with E-state index in [2.05, 4.69) is 9.72 Å². The SMILES string of the molecule is COC(=O)[C@@H]1CCN(c2cccc([N+](=O)[O-])n2)C1. The summed E-state index contributed by atoms with van der Waals surface area (Å²) in [6, 6.07) is 4.63. The van der Waals surface area contributed by atoms with Crippen molar-refractivity contribution in [3.05, 3.63) is 28.3 Å². The van der Waals surface area contributed by atoms with E-state index >= 15 is 0 Å². The van der Waals surface area contributed by atoms with Crippen molar-refractivity contribution in [2.24, 2.45) is 5.92 Å². The summed E-state index contributed by atoms with van der Waals surface area (Å²) in [7, 11) is 1.36. The highest BCUT2D eigenvalue weighted by Crippen LogP contribution is 2.24. The Kier molecular flexibility index (Phi) is 3.40. The first-order valence-corrected chi connectivity index (χ1v) is 5.56. The molecule has 0 radical (unpaired) electrons. The highest BCUT2D eigenvalue weighted by atomic mass is 16.6. The molecule has 0 N–H and O–H groups in total. The lowest BCUT2D eigenvalue weighted by molar-refractivity contribution is -0.389. The van der Waals surface area contributed by atoms with Crippen molar-refractivity contribution in [3.8, 4) is 0 Å². The van der Waals surface area contributed by atoms with E-state index in [1.54, 1.807) is 12.1 Å². The average molecular weight is 251 g/mol. The van der Waals surface area contributed by atoms with Crippen LogP contribution in [0.4, 0.5) is 11.6 Å². The fraction of sp³-hybridized carbons (Fsp3) is 0.455. The number of pyridine rings is 1. The van der Waals surface area contributed by atoms with E-state index in [1.165, 1.54) is 13.2 Å². The normalized spacial score (nSPS) is 18.7. The van der Waals surface area contributed by atoms with E-state index in [0.29, 0.717) is 25.3 Å². The van der Waals surface area contributed by atoms with E-state index in [0.717, 1.165) is 0 Å². The van der Waals surface area contributed by atoms with Crippen LogP contribution >= 0.6 is 0 Å². The minimum Gasteiger partial charge on any atom is -0.469 e. The Bertz CT molecular complexity index is 477. The molecule has 7 nitrogen and oxygen atoms in total.